The van der Waals surface area contributed by atoms with Crippen LogP contribution in [0.3, 0.4) is 0 Å². The van der Waals surface area contributed by atoms with Gasteiger partial charge in [-0.15, -0.1) is 0 Å². The van der Waals surface area contributed by atoms with Gasteiger partial charge >= 0.3 is 0 Å². The van der Waals surface area contributed by atoms with Crippen LogP contribution in [0.5, 0.6) is 0 Å². The van der Waals surface area contributed by atoms with Crippen molar-refractivity contribution in [3.8, 4) is 0 Å². The van der Waals surface area contributed by atoms with Crippen LogP contribution in [-0.4, -0.2) is 5.04 Å². The summed E-state index contributed by atoms with van der Waals surface area (Å²) >= 11 is 1.78. The molecule has 1 fully saturated rings. The number of hydrogen-bond acceptors (Lipinski definition) is 2. The first kappa shape index (κ1) is 8.11. The van der Waals surface area contributed by atoms with Gasteiger partial charge < -0.3 is 0 Å². The summed E-state index contributed by atoms with van der Waals surface area (Å²) in [6.45, 7) is 2.31. The Bertz CT molecular complexity index is 247. The maximum atomic E-state index is 4.42. The number of nitrogens with zero attached hydrogens (tertiary/aromatic N) is 1. The van der Waals surface area contributed by atoms with Crippen molar-refractivity contribution in [2.45, 2.75) is 19.8 Å². The second kappa shape index (κ2) is 3.48. The van der Waals surface area contributed by atoms with Crippen LogP contribution in [0, 0.1) is 11.8 Å². The Kier molecular flexibility index (Phi) is 2.35. The zero-order valence-corrected chi connectivity index (χ0v) is 8.05. The molecule has 2 aliphatic rings. The molecule has 0 radical (unpaired) electrons. The molecule has 0 unspecified atom stereocenters. The van der Waals surface area contributed by atoms with Gasteiger partial charge in [0.25, 0.3) is 0 Å². The van der Waals surface area contributed by atoms with Crippen molar-refractivity contribution in [3.63, 3.8) is 0 Å². The molecule has 0 atom stereocenters. The van der Waals surface area contributed by atoms with Crippen molar-refractivity contribution in [2.75, 3.05) is 0 Å². The molecule has 0 aromatic rings. The number of thioether (sulfide) groups is 1. The average Bonchev–Trinajstić information content (AvgIpc) is 2.26. The van der Waals surface area contributed by atoms with E-state index in [0.717, 1.165) is 11.8 Å². The topological polar surface area (TPSA) is 12.4 Å². The fraction of sp³-hybridized carbons (Fsp3) is 0.500. The van der Waals surface area contributed by atoms with Gasteiger partial charge in [0.2, 0.25) is 0 Å². The highest BCUT2D eigenvalue weighted by molar-refractivity contribution is 8.16. The highest BCUT2D eigenvalue weighted by Crippen LogP contribution is 2.37. The second-order valence-corrected chi connectivity index (χ2v) is 4.45. The van der Waals surface area contributed by atoms with Gasteiger partial charge in [-0.1, -0.05) is 24.8 Å². The molecule has 0 amide bonds. The van der Waals surface area contributed by atoms with E-state index in [1.54, 1.807) is 11.8 Å². The molecule has 64 valence electrons. The molecule has 0 spiro atoms. The Balaban J connectivity index is 1.99. The normalized spacial score (nSPS) is 33.9. The lowest BCUT2D eigenvalue weighted by Gasteiger charge is -2.32. The molecule has 12 heavy (non-hydrogen) atoms. The first-order chi connectivity index (χ1) is 5.86. The Morgan fingerprint density at radius 2 is 2.25 bits per heavy atom. The maximum Gasteiger partial charge on any atom is 0.0804 e. The molecule has 1 aliphatic heterocycles. The Labute approximate surface area is 77.7 Å². The van der Waals surface area contributed by atoms with Crippen molar-refractivity contribution in [2.24, 2.45) is 16.8 Å². The van der Waals surface area contributed by atoms with Gasteiger partial charge in [-0.3, -0.25) is 4.99 Å². The van der Waals surface area contributed by atoms with Crippen molar-refractivity contribution in [3.05, 3.63) is 23.8 Å². The van der Waals surface area contributed by atoms with E-state index in [0.29, 0.717) is 0 Å². The van der Waals surface area contributed by atoms with Crippen molar-refractivity contribution in [1.29, 1.82) is 0 Å². The van der Waals surface area contributed by atoms with Gasteiger partial charge in [-0.2, -0.15) is 0 Å². The molecule has 1 aliphatic carbocycles. The number of allylic oxidation sites excluding steroid dienone is 2. The first-order valence-corrected chi connectivity index (χ1v) is 5.30. The lowest BCUT2D eigenvalue weighted by Crippen LogP contribution is -2.26. The Morgan fingerprint density at radius 3 is 3.00 bits per heavy atom. The lowest BCUT2D eigenvalue weighted by atomic mass is 9.77. The van der Waals surface area contributed by atoms with Gasteiger partial charge in [0, 0.05) is 12.1 Å². The number of hydrogen-bond donors (Lipinski definition) is 0. The van der Waals surface area contributed by atoms with Gasteiger partial charge in [0.05, 0.1) is 5.04 Å². The molecular formula is C10H13NS. The van der Waals surface area contributed by atoms with Crippen LogP contribution in [0.4, 0.5) is 0 Å². The molecule has 1 saturated carbocycles. The third-order valence-electron chi connectivity index (χ3n) is 2.39. The summed E-state index contributed by atoms with van der Waals surface area (Å²) < 4.78 is 0. The summed E-state index contributed by atoms with van der Waals surface area (Å²) in [5, 5.41) is 3.42. The largest absolute Gasteiger partial charge is 0.254 e. The Hall–Kier alpha value is -0.500. The quantitative estimate of drug-likeness (QED) is 0.602. The van der Waals surface area contributed by atoms with E-state index in [9.17, 15) is 0 Å². The first-order valence-electron chi connectivity index (χ1n) is 4.42. The van der Waals surface area contributed by atoms with E-state index in [4.69, 9.17) is 0 Å². The standard InChI is InChI=1S/C10H13NS/c1-8-6-9(7-8)10-11-4-2-3-5-12-10/h2-5,8-9H,6-7H2,1H3. The van der Waals surface area contributed by atoms with Crippen LogP contribution in [-0.2, 0) is 0 Å². The van der Waals surface area contributed by atoms with Crippen LogP contribution in [0.2, 0.25) is 0 Å². The van der Waals surface area contributed by atoms with E-state index in [1.165, 1.54) is 17.9 Å². The van der Waals surface area contributed by atoms with E-state index >= 15 is 0 Å². The van der Waals surface area contributed by atoms with Gasteiger partial charge in [0.15, 0.2) is 0 Å². The third-order valence-corrected chi connectivity index (χ3v) is 3.36. The van der Waals surface area contributed by atoms with Crippen LogP contribution < -0.4 is 0 Å². The minimum atomic E-state index is 0.748. The summed E-state index contributed by atoms with van der Waals surface area (Å²) in [4.78, 5) is 4.42. The van der Waals surface area contributed by atoms with Gasteiger partial charge in [0.1, 0.15) is 0 Å². The minimum absolute atomic E-state index is 0.748. The van der Waals surface area contributed by atoms with E-state index in [2.05, 4.69) is 17.3 Å². The minimum Gasteiger partial charge on any atom is -0.254 e. The summed E-state index contributed by atoms with van der Waals surface area (Å²) in [5.41, 5.74) is 0. The molecule has 1 nitrogen and oxygen atoms in total. The van der Waals surface area contributed by atoms with E-state index < -0.39 is 0 Å². The van der Waals surface area contributed by atoms with Crippen LogP contribution >= 0.6 is 11.8 Å². The predicted molar refractivity (Wildman–Crippen MR) is 55.2 cm³/mol. The molecule has 1 heterocycles. The third kappa shape index (κ3) is 1.63. The van der Waals surface area contributed by atoms with Crippen LogP contribution in [0.1, 0.15) is 19.8 Å². The molecule has 0 bridgehead atoms. The SMILES string of the molecule is CC1CC(C2=NC=CC=CS2)C1. The zero-order chi connectivity index (χ0) is 8.39. The summed E-state index contributed by atoms with van der Waals surface area (Å²) in [7, 11) is 0. The summed E-state index contributed by atoms with van der Waals surface area (Å²) in [6, 6.07) is 0. The molecule has 2 heteroatoms. The van der Waals surface area contributed by atoms with E-state index in [-0.39, 0.29) is 0 Å². The number of rotatable bonds is 1. The highest BCUT2D eigenvalue weighted by Gasteiger charge is 2.29. The average molecular weight is 179 g/mol. The molecule has 0 saturated heterocycles. The predicted octanol–water partition coefficient (Wildman–Crippen LogP) is 3.21. The van der Waals surface area contributed by atoms with Crippen molar-refractivity contribution in [1.82, 2.24) is 0 Å². The molecule has 2 rings (SSSR count). The molecule has 0 aromatic carbocycles. The monoisotopic (exact) mass is 179 g/mol. The number of aliphatic imine (C=N–C) groups is 1. The fourth-order valence-corrected chi connectivity index (χ4v) is 2.47. The van der Waals surface area contributed by atoms with Gasteiger partial charge in [-0.25, -0.2) is 0 Å². The van der Waals surface area contributed by atoms with Crippen molar-refractivity contribution < 1.29 is 0 Å². The molecular weight excluding hydrogens is 166 g/mol. The fourth-order valence-electron chi connectivity index (χ4n) is 1.66. The second-order valence-electron chi connectivity index (χ2n) is 3.53. The lowest BCUT2D eigenvalue weighted by molar-refractivity contribution is 0.284. The van der Waals surface area contributed by atoms with E-state index in [1.807, 2.05) is 18.4 Å². The molecule has 0 N–H and O–H groups in total. The maximum absolute atomic E-state index is 4.42. The van der Waals surface area contributed by atoms with Gasteiger partial charge in [-0.05, 0) is 30.2 Å². The van der Waals surface area contributed by atoms with Crippen molar-refractivity contribution >= 4 is 16.8 Å². The summed E-state index contributed by atoms with van der Waals surface area (Å²) in [6.07, 6.45) is 8.58. The van der Waals surface area contributed by atoms with Crippen LogP contribution in [0.15, 0.2) is 28.8 Å². The van der Waals surface area contributed by atoms with Crippen LogP contribution in [0.25, 0.3) is 0 Å². The molecule has 0 aromatic heterocycles. The Morgan fingerprint density at radius 1 is 1.42 bits per heavy atom. The summed E-state index contributed by atoms with van der Waals surface area (Å²) in [5.74, 6) is 1.66. The smallest absolute Gasteiger partial charge is 0.0804 e. The highest BCUT2D eigenvalue weighted by atomic mass is 32.2. The zero-order valence-electron chi connectivity index (χ0n) is 7.23.